The Hall–Kier alpha value is -0.710. The topological polar surface area (TPSA) is 24.9 Å². The zero-order valence-corrected chi connectivity index (χ0v) is 15.7. The first-order valence-electron chi connectivity index (χ1n) is 7.27. The Kier molecular flexibility index (Phi) is 5.23. The average Bonchev–Trinajstić information content (AvgIpc) is 2.80. The molecule has 1 N–H and O–H groups in total. The van der Waals surface area contributed by atoms with Crippen LogP contribution in [-0.4, -0.2) is 10.5 Å². The predicted molar refractivity (Wildman–Crippen MR) is 95.9 cm³/mol. The van der Waals surface area contributed by atoms with E-state index in [1.807, 2.05) is 6.07 Å². The first-order chi connectivity index (χ1) is 9.78. The summed E-state index contributed by atoms with van der Waals surface area (Å²) in [6.07, 6.45) is 0. The Bertz CT molecular complexity index is 611. The Labute approximate surface area is 140 Å². The number of halogens is 1. The van der Waals surface area contributed by atoms with Gasteiger partial charge in [0.25, 0.3) is 0 Å². The Morgan fingerprint density at radius 1 is 1.24 bits per heavy atom. The number of hydrogen-bond donors (Lipinski definition) is 1. The molecular formula is C17H23BrN2S. The molecule has 0 radical (unpaired) electrons. The van der Waals surface area contributed by atoms with Crippen LogP contribution in [0.4, 0.5) is 0 Å². The monoisotopic (exact) mass is 366 g/mol. The van der Waals surface area contributed by atoms with Gasteiger partial charge in [-0.25, -0.2) is 4.98 Å². The lowest BCUT2D eigenvalue weighted by Gasteiger charge is -2.20. The summed E-state index contributed by atoms with van der Waals surface area (Å²) in [7, 11) is 0. The number of benzene rings is 1. The van der Waals surface area contributed by atoms with Gasteiger partial charge in [-0.1, -0.05) is 48.0 Å². The predicted octanol–water partition coefficient (Wildman–Crippen LogP) is 5.58. The number of aromatic nitrogens is 1. The lowest BCUT2D eigenvalue weighted by atomic mass is 10.1. The lowest BCUT2D eigenvalue weighted by Crippen LogP contribution is -2.35. The van der Waals surface area contributed by atoms with Gasteiger partial charge in [0.15, 0.2) is 0 Å². The van der Waals surface area contributed by atoms with Gasteiger partial charge in [0.2, 0.25) is 0 Å². The molecule has 114 valence electrons. The highest BCUT2D eigenvalue weighted by atomic mass is 79.9. The minimum Gasteiger partial charge on any atom is -0.307 e. The summed E-state index contributed by atoms with van der Waals surface area (Å²) in [6.45, 7) is 11.9. The standard InChI is InChI=1S/C17H23BrN2S/c1-11(2)15-14(10-19-17(3,4)5)21-16(20-15)12-8-6-7-9-13(12)18/h6-9,11,19H,10H2,1-5H3. The molecule has 2 rings (SSSR count). The molecule has 0 saturated heterocycles. The minimum absolute atomic E-state index is 0.117. The average molecular weight is 367 g/mol. The van der Waals surface area contributed by atoms with Gasteiger partial charge < -0.3 is 5.32 Å². The van der Waals surface area contributed by atoms with Crippen molar-refractivity contribution in [2.45, 2.75) is 52.6 Å². The second kappa shape index (κ2) is 6.59. The summed E-state index contributed by atoms with van der Waals surface area (Å²) in [5, 5.41) is 4.67. The summed E-state index contributed by atoms with van der Waals surface area (Å²) in [6, 6.07) is 8.28. The molecule has 0 fully saturated rings. The van der Waals surface area contributed by atoms with Crippen LogP contribution < -0.4 is 5.32 Å². The van der Waals surface area contributed by atoms with Crippen LogP contribution in [0.2, 0.25) is 0 Å². The van der Waals surface area contributed by atoms with Gasteiger partial charge in [0.1, 0.15) is 5.01 Å². The number of thiazole rings is 1. The normalized spacial score (nSPS) is 12.1. The largest absolute Gasteiger partial charge is 0.307 e. The van der Waals surface area contributed by atoms with Crippen molar-refractivity contribution in [3.63, 3.8) is 0 Å². The maximum atomic E-state index is 4.89. The first-order valence-corrected chi connectivity index (χ1v) is 8.88. The summed E-state index contributed by atoms with van der Waals surface area (Å²) < 4.78 is 1.10. The van der Waals surface area contributed by atoms with E-state index in [4.69, 9.17) is 4.98 Å². The van der Waals surface area contributed by atoms with Gasteiger partial charge in [0.05, 0.1) is 5.69 Å². The van der Waals surface area contributed by atoms with Gasteiger partial charge in [-0.3, -0.25) is 0 Å². The smallest absolute Gasteiger partial charge is 0.125 e. The van der Waals surface area contributed by atoms with Crippen LogP contribution >= 0.6 is 27.3 Å². The zero-order chi connectivity index (χ0) is 15.6. The van der Waals surface area contributed by atoms with Crippen molar-refractivity contribution in [2.75, 3.05) is 0 Å². The van der Waals surface area contributed by atoms with Gasteiger partial charge in [0, 0.05) is 27.0 Å². The van der Waals surface area contributed by atoms with Crippen molar-refractivity contribution in [2.24, 2.45) is 0 Å². The number of nitrogens with one attached hydrogen (secondary N) is 1. The summed E-state index contributed by atoms with van der Waals surface area (Å²) in [5.74, 6) is 0.439. The molecule has 0 saturated carbocycles. The van der Waals surface area contributed by atoms with E-state index < -0.39 is 0 Å². The highest BCUT2D eigenvalue weighted by molar-refractivity contribution is 9.10. The highest BCUT2D eigenvalue weighted by Gasteiger charge is 2.18. The van der Waals surface area contributed by atoms with E-state index in [1.165, 1.54) is 16.1 Å². The Morgan fingerprint density at radius 3 is 2.48 bits per heavy atom. The second-order valence-corrected chi connectivity index (χ2v) is 8.50. The molecule has 0 spiro atoms. The van der Waals surface area contributed by atoms with Crippen molar-refractivity contribution >= 4 is 27.3 Å². The summed E-state index contributed by atoms with van der Waals surface area (Å²) >= 11 is 5.42. The molecule has 0 amide bonds. The van der Waals surface area contributed by atoms with E-state index >= 15 is 0 Å². The molecule has 0 aliphatic heterocycles. The molecule has 0 unspecified atom stereocenters. The zero-order valence-electron chi connectivity index (χ0n) is 13.3. The first kappa shape index (κ1) is 16.7. The van der Waals surface area contributed by atoms with E-state index in [0.717, 1.165) is 16.0 Å². The van der Waals surface area contributed by atoms with Crippen molar-refractivity contribution < 1.29 is 0 Å². The van der Waals surface area contributed by atoms with E-state index in [1.54, 1.807) is 11.3 Å². The third kappa shape index (κ3) is 4.38. The quantitative estimate of drug-likeness (QED) is 0.763. The molecule has 2 aromatic rings. The highest BCUT2D eigenvalue weighted by Crippen LogP contribution is 2.35. The van der Waals surface area contributed by atoms with Gasteiger partial charge in [-0.15, -0.1) is 11.3 Å². The molecule has 21 heavy (non-hydrogen) atoms. The van der Waals surface area contributed by atoms with Gasteiger partial charge >= 0.3 is 0 Å². The number of nitrogens with zero attached hydrogens (tertiary/aromatic N) is 1. The molecule has 4 heteroatoms. The van der Waals surface area contributed by atoms with Crippen LogP contribution in [0.1, 0.15) is 51.1 Å². The van der Waals surface area contributed by atoms with Crippen LogP contribution in [0.15, 0.2) is 28.7 Å². The molecule has 1 aromatic carbocycles. The van der Waals surface area contributed by atoms with E-state index in [2.05, 4.69) is 74.1 Å². The van der Waals surface area contributed by atoms with E-state index in [9.17, 15) is 0 Å². The molecule has 0 atom stereocenters. The SMILES string of the molecule is CC(C)c1nc(-c2ccccc2Br)sc1CNC(C)(C)C. The molecule has 0 aliphatic rings. The van der Waals surface area contributed by atoms with E-state index in [-0.39, 0.29) is 5.54 Å². The Balaban J connectivity index is 2.36. The second-order valence-electron chi connectivity index (χ2n) is 6.57. The van der Waals surface area contributed by atoms with Gasteiger partial charge in [-0.2, -0.15) is 0 Å². The lowest BCUT2D eigenvalue weighted by molar-refractivity contribution is 0.425. The summed E-state index contributed by atoms with van der Waals surface area (Å²) in [5.41, 5.74) is 2.50. The third-order valence-corrected chi connectivity index (χ3v) is 4.95. The van der Waals surface area contributed by atoms with Crippen LogP contribution in [0.25, 0.3) is 10.6 Å². The van der Waals surface area contributed by atoms with Crippen LogP contribution in [0.5, 0.6) is 0 Å². The van der Waals surface area contributed by atoms with Crippen molar-refractivity contribution in [3.05, 3.63) is 39.3 Å². The number of rotatable bonds is 4. The van der Waals surface area contributed by atoms with E-state index in [0.29, 0.717) is 5.92 Å². The van der Waals surface area contributed by atoms with Crippen molar-refractivity contribution in [1.82, 2.24) is 10.3 Å². The maximum absolute atomic E-state index is 4.89. The Morgan fingerprint density at radius 2 is 1.90 bits per heavy atom. The maximum Gasteiger partial charge on any atom is 0.125 e. The number of hydrogen-bond acceptors (Lipinski definition) is 3. The third-order valence-electron chi connectivity index (χ3n) is 3.16. The van der Waals surface area contributed by atoms with Crippen LogP contribution in [0, 0.1) is 0 Å². The summed E-state index contributed by atoms with van der Waals surface area (Å²) in [4.78, 5) is 6.23. The van der Waals surface area contributed by atoms with Crippen molar-refractivity contribution in [3.8, 4) is 10.6 Å². The fraction of sp³-hybridized carbons (Fsp3) is 0.471. The van der Waals surface area contributed by atoms with Crippen LogP contribution in [0.3, 0.4) is 0 Å². The molecule has 0 bridgehead atoms. The molecule has 1 heterocycles. The molecule has 0 aliphatic carbocycles. The van der Waals surface area contributed by atoms with Crippen molar-refractivity contribution in [1.29, 1.82) is 0 Å². The fourth-order valence-electron chi connectivity index (χ4n) is 2.04. The molecular weight excluding hydrogens is 344 g/mol. The molecule has 2 nitrogen and oxygen atoms in total. The van der Waals surface area contributed by atoms with Crippen LogP contribution in [-0.2, 0) is 6.54 Å². The minimum atomic E-state index is 0.117. The molecule has 1 aromatic heterocycles. The fourth-order valence-corrected chi connectivity index (χ4v) is 3.84. The van der Waals surface area contributed by atoms with Gasteiger partial charge in [-0.05, 0) is 32.8 Å².